The Bertz CT molecular complexity index is 112. The van der Waals surface area contributed by atoms with E-state index in [2.05, 4.69) is 0 Å². The van der Waals surface area contributed by atoms with Crippen molar-refractivity contribution >= 4 is 17.1 Å². The molecule has 0 aromatic carbocycles. The van der Waals surface area contributed by atoms with Gasteiger partial charge in [-0.2, -0.15) is 0 Å². The molecule has 1 aliphatic carbocycles. The van der Waals surface area contributed by atoms with Gasteiger partial charge in [-0.3, -0.25) is 0 Å². The fourth-order valence-electron chi connectivity index (χ4n) is 1.01. The molecular formula is C6H10O2S. The first kappa shape index (κ1) is 7.12. The highest BCUT2D eigenvalue weighted by atomic mass is 32.1. The zero-order chi connectivity index (χ0) is 6.85. The maximum absolute atomic E-state index is 9.05. The van der Waals surface area contributed by atoms with Crippen LogP contribution in [-0.2, 0) is 0 Å². The minimum Gasteiger partial charge on any atom is -0.388 e. The van der Waals surface area contributed by atoms with E-state index in [4.69, 9.17) is 22.4 Å². The molecule has 2 N–H and O–H groups in total. The van der Waals surface area contributed by atoms with Crippen molar-refractivity contribution in [2.24, 2.45) is 0 Å². The Morgan fingerprint density at radius 2 is 1.67 bits per heavy atom. The molecule has 1 rings (SSSR count). The van der Waals surface area contributed by atoms with Crippen LogP contribution < -0.4 is 0 Å². The third-order valence-electron chi connectivity index (χ3n) is 1.61. The average molecular weight is 146 g/mol. The molecule has 2 nitrogen and oxygen atoms in total. The van der Waals surface area contributed by atoms with Crippen molar-refractivity contribution < 1.29 is 10.2 Å². The Labute approximate surface area is 59.5 Å². The van der Waals surface area contributed by atoms with Crippen LogP contribution in [0.4, 0.5) is 0 Å². The summed E-state index contributed by atoms with van der Waals surface area (Å²) < 4.78 is 0. The van der Waals surface area contributed by atoms with Crippen LogP contribution in [0, 0.1) is 0 Å². The zero-order valence-electron chi connectivity index (χ0n) is 5.08. The molecule has 1 fully saturated rings. The van der Waals surface area contributed by atoms with Crippen LogP contribution in [-0.4, -0.2) is 27.3 Å². The fourth-order valence-corrected chi connectivity index (χ4v) is 1.25. The van der Waals surface area contributed by atoms with Gasteiger partial charge in [-0.1, -0.05) is 12.2 Å². The van der Waals surface area contributed by atoms with Crippen molar-refractivity contribution in [1.82, 2.24) is 0 Å². The molecule has 2 unspecified atom stereocenters. The summed E-state index contributed by atoms with van der Waals surface area (Å²) in [5.74, 6) is 0. The molecule has 0 amide bonds. The Morgan fingerprint density at radius 3 is 2.00 bits per heavy atom. The van der Waals surface area contributed by atoms with E-state index in [9.17, 15) is 0 Å². The van der Waals surface area contributed by atoms with Gasteiger partial charge >= 0.3 is 0 Å². The third kappa shape index (κ3) is 1.47. The van der Waals surface area contributed by atoms with Gasteiger partial charge in [-0.25, -0.2) is 0 Å². The van der Waals surface area contributed by atoms with Crippen molar-refractivity contribution in [2.75, 3.05) is 0 Å². The van der Waals surface area contributed by atoms with Crippen LogP contribution in [0.1, 0.15) is 19.3 Å². The summed E-state index contributed by atoms with van der Waals surface area (Å²) in [6, 6.07) is 0. The van der Waals surface area contributed by atoms with E-state index in [1.54, 1.807) is 0 Å². The molecule has 3 heteroatoms. The number of hydrogen-bond donors (Lipinski definition) is 2. The summed E-state index contributed by atoms with van der Waals surface area (Å²) in [6.45, 7) is 0. The van der Waals surface area contributed by atoms with E-state index >= 15 is 0 Å². The number of rotatable bonds is 0. The lowest BCUT2D eigenvalue weighted by Gasteiger charge is -2.22. The molecule has 9 heavy (non-hydrogen) atoms. The first-order valence-electron chi connectivity index (χ1n) is 3.11. The lowest BCUT2D eigenvalue weighted by atomic mass is 9.95. The van der Waals surface area contributed by atoms with Crippen molar-refractivity contribution in [3.8, 4) is 0 Å². The molecular weight excluding hydrogens is 136 g/mol. The van der Waals surface area contributed by atoms with E-state index in [1.165, 1.54) is 0 Å². The Kier molecular flexibility index (Phi) is 2.16. The second-order valence-electron chi connectivity index (χ2n) is 2.36. The van der Waals surface area contributed by atoms with E-state index in [0.717, 1.165) is 19.3 Å². The second-order valence-corrected chi connectivity index (χ2v) is 2.84. The predicted molar refractivity (Wildman–Crippen MR) is 38.5 cm³/mol. The molecule has 0 saturated heterocycles. The molecule has 52 valence electrons. The molecule has 0 aromatic rings. The quantitative estimate of drug-likeness (QED) is 0.482. The van der Waals surface area contributed by atoms with Crippen molar-refractivity contribution in [2.45, 2.75) is 31.5 Å². The van der Waals surface area contributed by atoms with Crippen LogP contribution in [0.5, 0.6) is 0 Å². The number of thiocarbonyl (C=S) groups is 1. The summed E-state index contributed by atoms with van der Waals surface area (Å²) in [5.41, 5.74) is 0. The van der Waals surface area contributed by atoms with E-state index in [1.807, 2.05) is 0 Å². The minimum absolute atomic E-state index is 0.418. The monoisotopic (exact) mass is 146 g/mol. The van der Waals surface area contributed by atoms with Gasteiger partial charge in [0.05, 0.1) is 12.2 Å². The standard InChI is InChI=1S/C6H10O2S/c7-4-2-1-3-5(8)6(4)9/h4-5,7-8H,1-3H2. The summed E-state index contributed by atoms with van der Waals surface area (Å²) >= 11 is 4.75. The Balaban J connectivity index is 2.52. The van der Waals surface area contributed by atoms with Gasteiger partial charge in [0.1, 0.15) is 0 Å². The largest absolute Gasteiger partial charge is 0.388 e. The smallest absolute Gasteiger partial charge is 0.0878 e. The maximum Gasteiger partial charge on any atom is 0.0878 e. The van der Waals surface area contributed by atoms with E-state index in [-0.39, 0.29) is 0 Å². The highest BCUT2D eigenvalue weighted by molar-refractivity contribution is 7.80. The van der Waals surface area contributed by atoms with Gasteiger partial charge in [0, 0.05) is 4.86 Å². The molecule has 1 aliphatic rings. The number of hydrogen-bond acceptors (Lipinski definition) is 3. The Hall–Kier alpha value is 0.01000. The van der Waals surface area contributed by atoms with Gasteiger partial charge in [0.25, 0.3) is 0 Å². The highest BCUT2D eigenvalue weighted by Crippen LogP contribution is 2.16. The minimum atomic E-state index is -0.538. The molecule has 1 saturated carbocycles. The van der Waals surface area contributed by atoms with Crippen LogP contribution in [0.15, 0.2) is 0 Å². The summed E-state index contributed by atoms with van der Waals surface area (Å²) in [7, 11) is 0. The van der Waals surface area contributed by atoms with Gasteiger partial charge in [-0.05, 0) is 19.3 Å². The molecule has 0 bridgehead atoms. The molecule has 0 aromatic heterocycles. The molecule has 0 aliphatic heterocycles. The first-order valence-corrected chi connectivity index (χ1v) is 3.52. The molecule has 2 atom stereocenters. The zero-order valence-corrected chi connectivity index (χ0v) is 5.90. The van der Waals surface area contributed by atoms with Gasteiger partial charge < -0.3 is 10.2 Å². The van der Waals surface area contributed by atoms with Gasteiger partial charge in [0.2, 0.25) is 0 Å². The first-order chi connectivity index (χ1) is 4.22. The third-order valence-corrected chi connectivity index (χ3v) is 2.16. The van der Waals surface area contributed by atoms with Gasteiger partial charge in [0.15, 0.2) is 0 Å². The van der Waals surface area contributed by atoms with Crippen molar-refractivity contribution in [3.63, 3.8) is 0 Å². The van der Waals surface area contributed by atoms with E-state index in [0.29, 0.717) is 4.86 Å². The van der Waals surface area contributed by atoms with Crippen molar-refractivity contribution in [1.29, 1.82) is 0 Å². The lowest BCUT2D eigenvalue weighted by Crippen LogP contribution is -2.34. The lowest BCUT2D eigenvalue weighted by molar-refractivity contribution is 0.155. The highest BCUT2D eigenvalue weighted by Gasteiger charge is 2.23. The SMILES string of the molecule is OC1CCCC(O)C1=S. The summed E-state index contributed by atoms with van der Waals surface area (Å²) in [6.07, 6.45) is 1.24. The van der Waals surface area contributed by atoms with Crippen molar-refractivity contribution in [3.05, 3.63) is 0 Å². The average Bonchev–Trinajstić information content (AvgIpc) is 1.83. The summed E-state index contributed by atoms with van der Waals surface area (Å²) in [5, 5.41) is 18.1. The molecule has 0 heterocycles. The summed E-state index contributed by atoms with van der Waals surface area (Å²) in [4.78, 5) is 0.418. The number of aliphatic hydroxyl groups is 2. The molecule has 0 radical (unpaired) electrons. The molecule has 0 spiro atoms. The topological polar surface area (TPSA) is 40.5 Å². The normalized spacial score (nSPS) is 36.9. The van der Waals surface area contributed by atoms with Crippen LogP contribution in [0.25, 0.3) is 0 Å². The van der Waals surface area contributed by atoms with Crippen LogP contribution >= 0.6 is 12.2 Å². The van der Waals surface area contributed by atoms with E-state index < -0.39 is 12.2 Å². The van der Waals surface area contributed by atoms with Crippen LogP contribution in [0.3, 0.4) is 0 Å². The fraction of sp³-hybridized carbons (Fsp3) is 0.833. The Morgan fingerprint density at radius 1 is 1.22 bits per heavy atom. The predicted octanol–water partition coefficient (Wildman–Crippen LogP) is 0.262. The van der Waals surface area contributed by atoms with Crippen LogP contribution in [0.2, 0.25) is 0 Å². The number of aliphatic hydroxyl groups excluding tert-OH is 2. The maximum atomic E-state index is 9.05. The van der Waals surface area contributed by atoms with Gasteiger partial charge in [-0.15, -0.1) is 0 Å². The second kappa shape index (κ2) is 2.73.